The van der Waals surface area contributed by atoms with Crippen LogP contribution in [-0.2, 0) is 13.5 Å². The summed E-state index contributed by atoms with van der Waals surface area (Å²) in [5, 5.41) is 3.14. The van der Waals surface area contributed by atoms with Gasteiger partial charge in [-0.3, -0.25) is 9.78 Å². The van der Waals surface area contributed by atoms with E-state index in [2.05, 4.69) is 29.1 Å². The summed E-state index contributed by atoms with van der Waals surface area (Å²) in [7, 11) is 1.87. The van der Waals surface area contributed by atoms with Crippen molar-refractivity contribution in [2.75, 3.05) is 0 Å². The molecule has 0 aliphatic carbocycles. The molecule has 0 radical (unpaired) electrons. The monoisotopic (exact) mass is 219 g/mol. The van der Waals surface area contributed by atoms with Crippen molar-refractivity contribution in [3.05, 3.63) is 34.6 Å². The molecule has 15 heavy (non-hydrogen) atoms. The van der Waals surface area contributed by atoms with Gasteiger partial charge in [0.15, 0.2) is 5.82 Å². The SMILES string of the molecule is CCc1ccccc1-c1nc(=S)n(C)[nH]1. The second kappa shape index (κ2) is 3.98. The molecule has 1 heterocycles. The highest BCUT2D eigenvalue weighted by Gasteiger charge is 2.06. The Balaban J connectivity index is 2.58. The van der Waals surface area contributed by atoms with Crippen LogP contribution in [0.15, 0.2) is 24.3 Å². The van der Waals surface area contributed by atoms with Gasteiger partial charge < -0.3 is 0 Å². The lowest BCUT2D eigenvalue weighted by molar-refractivity contribution is 0.756. The number of benzene rings is 1. The van der Waals surface area contributed by atoms with Crippen molar-refractivity contribution in [1.82, 2.24) is 14.8 Å². The van der Waals surface area contributed by atoms with Gasteiger partial charge >= 0.3 is 0 Å². The van der Waals surface area contributed by atoms with Gasteiger partial charge in [-0.1, -0.05) is 31.2 Å². The minimum absolute atomic E-state index is 0.580. The lowest BCUT2D eigenvalue weighted by Gasteiger charge is -2.03. The fraction of sp³-hybridized carbons (Fsp3) is 0.273. The number of hydrogen-bond donors (Lipinski definition) is 1. The summed E-state index contributed by atoms with van der Waals surface area (Å²) < 4.78 is 2.33. The maximum atomic E-state index is 5.07. The van der Waals surface area contributed by atoms with Crippen LogP contribution in [0.3, 0.4) is 0 Å². The highest BCUT2D eigenvalue weighted by Crippen LogP contribution is 2.20. The van der Waals surface area contributed by atoms with E-state index in [9.17, 15) is 0 Å². The van der Waals surface area contributed by atoms with Crippen LogP contribution in [0.1, 0.15) is 12.5 Å². The van der Waals surface area contributed by atoms with Gasteiger partial charge in [0.05, 0.1) is 0 Å². The first-order chi connectivity index (χ1) is 7.22. The third kappa shape index (κ3) is 1.85. The number of nitrogens with one attached hydrogen (secondary N) is 1. The summed E-state index contributed by atoms with van der Waals surface area (Å²) in [5.74, 6) is 0.847. The Kier molecular flexibility index (Phi) is 2.68. The smallest absolute Gasteiger partial charge is 0.216 e. The fourth-order valence-electron chi connectivity index (χ4n) is 1.58. The average Bonchev–Trinajstić information content (AvgIpc) is 2.59. The van der Waals surface area contributed by atoms with E-state index in [4.69, 9.17) is 12.2 Å². The summed E-state index contributed by atoms with van der Waals surface area (Å²) in [4.78, 5) is 4.31. The Morgan fingerprint density at radius 2 is 2.13 bits per heavy atom. The summed E-state index contributed by atoms with van der Waals surface area (Å²) in [6, 6.07) is 8.23. The van der Waals surface area contributed by atoms with Crippen molar-refractivity contribution in [2.24, 2.45) is 7.05 Å². The number of aromatic amines is 1. The predicted octanol–water partition coefficient (Wildman–Crippen LogP) is 2.71. The topological polar surface area (TPSA) is 33.6 Å². The van der Waals surface area contributed by atoms with Crippen LogP contribution in [0.2, 0.25) is 0 Å². The minimum Gasteiger partial charge on any atom is -0.279 e. The van der Waals surface area contributed by atoms with E-state index in [1.54, 1.807) is 4.68 Å². The van der Waals surface area contributed by atoms with Crippen LogP contribution in [0.5, 0.6) is 0 Å². The van der Waals surface area contributed by atoms with Gasteiger partial charge in [0.2, 0.25) is 4.77 Å². The molecule has 0 saturated heterocycles. The molecule has 0 saturated carbocycles. The summed E-state index contributed by atoms with van der Waals surface area (Å²) >= 11 is 5.07. The van der Waals surface area contributed by atoms with Gasteiger partial charge in [0.25, 0.3) is 0 Å². The largest absolute Gasteiger partial charge is 0.279 e. The van der Waals surface area contributed by atoms with Gasteiger partial charge in [-0.05, 0) is 24.2 Å². The highest BCUT2D eigenvalue weighted by molar-refractivity contribution is 7.71. The van der Waals surface area contributed by atoms with Crippen molar-refractivity contribution in [1.29, 1.82) is 0 Å². The molecule has 0 aliphatic heterocycles. The number of aromatic nitrogens is 3. The molecule has 0 unspecified atom stereocenters. The molecule has 3 nitrogen and oxygen atoms in total. The van der Waals surface area contributed by atoms with Crippen LogP contribution in [0.4, 0.5) is 0 Å². The van der Waals surface area contributed by atoms with Crippen molar-refractivity contribution < 1.29 is 0 Å². The third-order valence-electron chi connectivity index (χ3n) is 2.42. The van der Waals surface area contributed by atoms with Crippen molar-refractivity contribution in [3.63, 3.8) is 0 Å². The normalized spacial score (nSPS) is 10.5. The molecule has 0 amide bonds. The maximum absolute atomic E-state index is 5.07. The maximum Gasteiger partial charge on any atom is 0.216 e. The number of aryl methyl sites for hydroxylation is 2. The predicted molar refractivity (Wildman–Crippen MR) is 63.2 cm³/mol. The molecule has 0 atom stereocenters. The molecule has 78 valence electrons. The van der Waals surface area contributed by atoms with Crippen LogP contribution >= 0.6 is 12.2 Å². The summed E-state index contributed by atoms with van der Waals surface area (Å²) in [6.07, 6.45) is 0.993. The number of rotatable bonds is 2. The van der Waals surface area contributed by atoms with Crippen LogP contribution in [-0.4, -0.2) is 14.8 Å². The minimum atomic E-state index is 0.580. The van der Waals surface area contributed by atoms with E-state index < -0.39 is 0 Å². The Bertz CT molecular complexity index is 525. The van der Waals surface area contributed by atoms with Gasteiger partial charge in [-0.15, -0.1) is 0 Å². The molecule has 1 aromatic heterocycles. The van der Waals surface area contributed by atoms with E-state index in [0.717, 1.165) is 17.8 Å². The van der Waals surface area contributed by atoms with E-state index in [1.807, 2.05) is 19.2 Å². The molecule has 1 aromatic carbocycles. The zero-order valence-electron chi connectivity index (χ0n) is 8.82. The summed E-state index contributed by atoms with van der Waals surface area (Å²) in [5.41, 5.74) is 2.41. The first-order valence-corrected chi connectivity index (χ1v) is 5.34. The molecule has 4 heteroatoms. The highest BCUT2D eigenvalue weighted by atomic mass is 32.1. The Labute approximate surface area is 93.8 Å². The molecular formula is C11H13N3S. The molecule has 2 aromatic rings. The van der Waals surface area contributed by atoms with E-state index in [1.165, 1.54) is 5.56 Å². The van der Waals surface area contributed by atoms with Gasteiger partial charge in [0.1, 0.15) is 0 Å². The number of hydrogen-bond acceptors (Lipinski definition) is 2. The van der Waals surface area contributed by atoms with Crippen molar-refractivity contribution in [3.8, 4) is 11.4 Å². The zero-order valence-corrected chi connectivity index (χ0v) is 9.64. The Morgan fingerprint density at radius 3 is 2.73 bits per heavy atom. The van der Waals surface area contributed by atoms with Gasteiger partial charge in [-0.25, -0.2) is 0 Å². The van der Waals surface area contributed by atoms with E-state index in [-0.39, 0.29) is 0 Å². The molecule has 0 spiro atoms. The van der Waals surface area contributed by atoms with Crippen LogP contribution in [0, 0.1) is 4.77 Å². The standard InChI is InChI=1S/C11H13N3S/c1-3-8-6-4-5-7-9(8)10-12-11(15)14(2)13-10/h4-7H,3H2,1-2H3,(H,12,13,15). The van der Waals surface area contributed by atoms with Crippen molar-refractivity contribution >= 4 is 12.2 Å². The molecule has 0 aliphatic rings. The first-order valence-electron chi connectivity index (χ1n) is 4.93. The average molecular weight is 219 g/mol. The molecule has 0 fully saturated rings. The van der Waals surface area contributed by atoms with Gasteiger partial charge in [-0.2, -0.15) is 4.98 Å². The van der Waals surface area contributed by atoms with Crippen LogP contribution in [0.25, 0.3) is 11.4 Å². The quantitative estimate of drug-likeness (QED) is 0.788. The van der Waals surface area contributed by atoms with E-state index >= 15 is 0 Å². The third-order valence-corrected chi connectivity index (χ3v) is 2.79. The molecule has 0 bridgehead atoms. The van der Waals surface area contributed by atoms with E-state index in [0.29, 0.717) is 4.77 Å². The zero-order chi connectivity index (χ0) is 10.8. The second-order valence-corrected chi connectivity index (χ2v) is 3.79. The fourth-order valence-corrected chi connectivity index (χ4v) is 1.72. The van der Waals surface area contributed by atoms with Crippen LogP contribution < -0.4 is 0 Å². The van der Waals surface area contributed by atoms with Gasteiger partial charge in [0, 0.05) is 12.6 Å². The molecular weight excluding hydrogens is 206 g/mol. The Hall–Kier alpha value is -1.42. The lowest BCUT2D eigenvalue weighted by atomic mass is 10.1. The molecule has 2 rings (SSSR count). The summed E-state index contributed by atoms with van der Waals surface area (Å²) in [6.45, 7) is 2.14. The number of H-pyrrole nitrogens is 1. The number of nitrogens with zero attached hydrogens (tertiary/aromatic N) is 2. The molecule has 1 N–H and O–H groups in total. The lowest BCUT2D eigenvalue weighted by Crippen LogP contribution is -1.91. The van der Waals surface area contributed by atoms with Crippen molar-refractivity contribution in [2.45, 2.75) is 13.3 Å². The second-order valence-electron chi connectivity index (χ2n) is 3.42. The Morgan fingerprint density at radius 1 is 1.40 bits per heavy atom. The first kappa shape index (κ1) is 10.1.